The number of imide groups is 1. The number of carbonyl (C=O) groups is 2. The molecule has 0 fully saturated rings. The Bertz CT molecular complexity index is 754. The number of rotatable bonds is 5. The number of urea groups is 1. The molecule has 2 atom stereocenters. The van der Waals surface area contributed by atoms with Gasteiger partial charge in [0.1, 0.15) is 6.33 Å². The number of nitrogens with one attached hydrogen (secondary N) is 2. The van der Waals surface area contributed by atoms with E-state index in [1.165, 1.54) is 11.8 Å². The third-order valence-electron chi connectivity index (χ3n) is 3.62. The molecule has 1 aromatic heterocycles. The molecule has 0 radical (unpaired) electrons. The number of benzene rings is 1. The molecule has 0 saturated heterocycles. The SMILES string of the molecule is C[C@@H](Sc1nncn1[C@@H](C)c1ccccc1)C(=O)NC(=O)NC(C)(C)C. The lowest BCUT2D eigenvalue weighted by Crippen LogP contribution is -2.49. The van der Waals surface area contributed by atoms with Gasteiger partial charge in [-0.1, -0.05) is 42.1 Å². The summed E-state index contributed by atoms with van der Waals surface area (Å²) in [5, 5.41) is 13.3. The Morgan fingerprint density at radius 1 is 1.15 bits per heavy atom. The van der Waals surface area contributed by atoms with Crippen molar-refractivity contribution in [2.75, 3.05) is 0 Å². The first-order valence-corrected chi connectivity index (χ1v) is 9.29. The van der Waals surface area contributed by atoms with Gasteiger partial charge in [-0.2, -0.15) is 0 Å². The number of aromatic nitrogens is 3. The monoisotopic (exact) mass is 375 g/mol. The van der Waals surface area contributed by atoms with Crippen LogP contribution in [-0.4, -0.2) is 37.5 Å². The van der Waals surface area contributed by atoms with Crippen molar-refractivity contribution in [3.05, 3.63) is 42.2 Å². The van der Waals surface area contributed by atoms with Crippen LogP contribution in [0.4, 0.5) is 4.79 Å². The fraction of sp³-hybridized carbons (Fsp3) is 0.444. The zero-order valence-electron chi connectivity index (χ0n) is 15.7. The van der Waals surface area contributed by atoms with Crippen LogP contribution in [0.15, 0.2) is 41.8 Å². The smallest absolute Gasteiger partial charge is 0.321 e. The highest BCUT2D eigenvalue weighted by Gasteiger charge is 2.23. The van der Waals surface area contributed by atoms with E-state index in [-0.39, 0.29) is 11.9 Å². The number of hydrogen-bond donors (Lipinski definition) is 2. The van der Waals surface area contributed by atoms with Crippen molar-refractivity contribution >= 4 is 23.7 Å². The van der Waals surface area contributed by atoms with Crippen LogP contribution in [0, 0.1) is 0 Å². The molecule has 26 heavy (non-hydrogen) atoms. The molecular weight excluding hydrogens is 350 g/mol. The number of nitrogens with zero attached hydrogens (tertiary/aromatic N) is 3. The summed E-state index contributed by atoms with van der Waals surface area (Å²) < 4.78 is 1.92. The van der Waals surface area contributed by atoms with Gasteiger partial charge in [-0.25, -0.2) is 4.79 Å². The quantitative estimate of drug-likeness (QED) is 0.784. The molecule has 7 nitrogen and oxygen atoms in total. The second-order valence-corrected chi connectivity index (χ2v) is 8.37. The molecule has 3 amide bonds. The van der Waals surface area contributed by atoms with E-state index in [1.54, 1.807) is 13.3 Å². The predicted octanol–water partition coefficient (Wildman–Crippen LogP) is 2.99. The largest absolute Gasteiger partial charge is 0.333 e. The van der Waals surface area contributed by atoms with Gasteiger partial charge in [0.05, 0.1) is 11.3 Å². The summed E-state index contributed by atoms with van der Waals surface area (Å²) in [6.45, 7) is 9.33. The molecule has 8 heteroatoms. The summed E-state index contributed by atoms with van der Waals surface area (Å²) in [4.78, 5) is 24.1. The highest BCUT2D eigenvalue weighted by atomic mass is 32.2. The van der Waals surface area contributed by atoms with E-state index in [0.717, 1.165) is 5.56 Å². The molecule has 2 N–H and O–H groups in total. The fourth-order valence-electron chi connectivity index (χ4n) is 2.27. The van der Waals surface area contributed by atoms with Gasteiger partial charge in [-0.3, -0.25) is 10.1 Å². The van der Waals surface area contributed by atoms with E-state index in [1.807, 2.05) is 62.6 Å². The van der Waals surface area contributed by atoms with Crippen molar-refractivity contribution < 1.29 is 9.59 Å². The Morgan fingerprint density at radius 3 is 2.42 bits per heavy atom. The summed E-state index contributed by atoms with van der Waals surface area (Å²) in [5.41, 5.74) is 0.710. The first-order valence-electron chi connectivity index (χ1n) is 8.41. The number of carbonyl (C=O) groups excluding carboxylic acids is 2. The first kappa shape index (κ1) is 20.0. The molecular formula is C18H25N5O2S. The van der Waals surface area contributed by atoms with Crippen molar-refractivity contribution in [3.8, 4) is 0 Å². The molecule has 0 aliphatic rings. The molecule has 2 rings (SSSR count). The van der Waals surface area contributed by atoms with Crippen molar-refractivity contribution in [2.45, 2.75) is 56.6 Å². The summed E-state index contributed by atoms with van der Waals surface area (Å²) >= 11 is 1.27. The topological polar surface area (TPSA) is 88.9 Å². The molecule has 0 aliphatic carbocycles. The number of amides is 3. The van der Waals surface area contributed by atoms with Gasteiger partial charge < -0.3 is 9.88 Å². The lowest BCUT2D eigenvalue weighted by molar-refractivity contribution is -0.119. The summed E-state index contributed by atoms with van der Waals surface area (Å²) in [6, 6.07) is 9.52. The highest BCUT2D eigenvalue weighted by Crippen LogP contribution is 2.26. The lowest BCUT2D eigenvalue weighted by atomic mass is 10.1. The Labute approximate surface area is 158 Å². The van der Waals surface area contributed by atoms with E-state index in [4.69, 9.17) is 0 Å². The Morgan fingerprint density at radius 2 is 1.81 bits per heavy atom. The van der Waals surface area contributed by atoms with Crippen LogP contribution in [0.25, 0.3) is 0 Å². The average molecular weight is 375 g/mol. The van der Waals surface area contributed by atoms with Crippen LogP contribution >= 0.6 is 11.8 Å². The summed E-state index contributed by atoms with van der Waals surface area (Å²) in [7, 11) is 0. The molecule has 0 aliphatic heterocycles. The molecule has 0 spiro atoms. The van der Waals surface area contributed by atoms with Gasteiger partial charge in [-0.15, -0.1) is 10.2 Å². The van der Waals surface area contributed by atoms with Crippen LogP contribution in [0.5, 0.6) is 0 Å². The molecule has 2 aromatic rings. The molecule has 0 unspecified atom stereocenters. The van der Waals surface area contributed by atoms with E-state index in [0.29, 0.717) is 5.16 Å². The zero-order chi connectivity index (χ0) is 19.3. The lowest BCUT2D eigenvalue weighted by Gasteiger charge is -2.21. The van der Waals surface area contributed by atoms with Crippen molar-refractivity contribution in [2.24, 2.45) is 0 Å². The predicted molar refractivity (Wildman–Crippen MR) is 102 cm³/mol. The minimum absolute atomic E-state index is 0.0353. The Hall–Kier alpha value is -2.35. The van der Waals surface area contributed by atoms with Crippen molar-refractivity contribution in [3.63, 3.8) is 0 Å². The van der Waals surface area contributed by atoms with Crippen molar-refractivity contribution in [1.29, 1.82) is 0 Å². The maximum absolute atomic E-state index is 12.3. The van der Waals surface area contributed by atoms with Gasteiger partial charge in [0.2, 0.25) is 5.91 Å². The van der Waals surface area contributed by atoms with Gasteiger partial charge in [0.25, 0.3) is 0 Å². The molecule has 1 heterocycles. The third kappa shape index (κ3) is 5.59. The third-order valence-corrected chi connectivity index (χ3v) is 4.69. The van der Waals surface area contributed by atoms with E-state index < -0.39 is 16.8 Å². The molecule has 1 aromatic carbocycles. The second kappa shape index (κ2) is 8.35. The van der Waals surface area contributed by atoms with E-state index in [2.05, 4.69) is 20.8 Å². The van der Waals surface area contributed by atoms with Gasteiger partial charge in [0, 0.05) is 5.54 Å². The van der Waals surface area contributed by atoms with Crippen LogP contribution < -0.4 is 10.6 Å². The summed E-state index contributed by atoms with van der Waals surface area (Å²) in [5.74, 6) is -0.376. The maximum Gasteiger partial charge on any atom is 0.321 e. The molecule has 0 bridgehead atoms. The van der Waals surface area contributed by atoms with Crippen LogP contribution in [0.1, 0.15) is 46.2 Å². The van der Waals surface area contributed by atoms with E-state index in [9.17, 15) is 9.59 Å². The minimum atomic E-state index is -0.505. The van der Waals surface area contributed by atoms with Crippen LogP contribution in [0.3, 0.4) is 0 Å². The first-order chi connectivity index (χ1) is 12.2. The van der Waals surface area contributed by atoms with Gasteiger partial charge in [-0.05, 0) is 40.2 Å². The second-order valence-electron chi connectivity index (χ2n) is 7.06. The molecule has 0 saturated carbocycles. The van der Waals surface area contributed by atoms with Crippen LogP contribution in [0.2, 0.25) is 0 Å². The minimum Gasteiger partial charge on any atom is -0.333 e. The highest BCUT2D eigenvalue weighted by molar-refractivity contribution is 8.00. The summed E-state index contributed by atoms with van der Waals surface area (Å²) in [6.07, 6.45) is 1.65. The molecule has 140 valence electrons. The standard InChI is InChI=1S/C18H25N5O2S/c1-12(14-9-7-6-8-10-14)23-11-19-22-17(23)26-13(2)15(24)20-16(25)21-18(3,4)5/h6-13H,1-5H3,(H2,20,21,24,25)/t12-,13+/m0/s1. The Kier molecular flexibility index (Phi) is 6.42. The van der Waals surface area contributed by atoms with Gasteiger partial charge in [0.15, 0.2) is 5.16 Å². The van der Waals surface area contributed by atoms with Crippen LogP contribution in [-0.2, 0) is 4.79 Å². The number of hydrogen-bond acceptors (Lipinski definition) is 5. The normalized spacial score (nSPS) is 13.7. The maximum atomic E-state index is 12.3. The van der Waals surface area contributed by atoms with Gasteiger partial charge >= 0.3 is 6.03 Å². The Balaban J connectivity index is 2.02. The average Bonchev–Trinajstić information content (AvgIpc) is 3.01. The van der Waals surface area contributed by atoms with Crippen molar-refractivity contribution in [1.82, 2.24) is 25.4 Å². The number of thioether (sulfide) groups is 1. The fourth-order valence-corrected chi connectivity index (χ4v) is 3.17. The zero-order valence-corrected chi connectivity index (χ0v) is 16.5. The van der Waals surface area contributed by atoms with E-state index >= 15 is 0 Å².